The Balaban J connectivity index is 1.47. The molecule has 3 rings (SSSR count). The number of fused-ring (bicyclic) bond motifs is 1. The van der Waals surface area contributed by atoms with Crippen LogP contribution in [0.2, 0.25) is 0 Å². The van der Waals surface area contributed by atoms with Crippen molar-refractivity contribution in [2.45, 2.75) is 45.1 Å². The van der Waals surface area contributed by atoms with Crippen LogP contribution in [0.5, 0.6) is 0 Å². The van der Waals surface area contributed by atoms with Gasteiger partial charge in [-0.25, -0.2) is 0 Å². The lowest BCUT2D eigenvalue weighted by Crippen LogP contribution is -2.42. The number of anilines is 1. The summed E-state index contributed by atoms with van der Waals surface area (Å²) in [5.74, 6) is 0. The van der Waals surface area contributed by atoms with Crippen molar-refractivity contribution in [3.05, 3.63) is 29.3 Å². The molecule has 0 radical (unpaired) electrons. The summed E-state index contributed by atoms with van der Waals surface area (Å²) in [4.78, 5) is 2.53. The predicted molar refractivity (Wildman–Crippen MR) is 93.0 cm³/mol. The lowest BCUT2D eigenvalue weighted by molar-refractivity contribution is 0.259. The van der Waals surface area contributed by atoms with Gasteiger partial charge in [-0.1, -0.05) is 6.07 Å². The first-order valence-electron chi connectivity index (χ1n) is 8.13. The maximum absolute atomic E-state index is 5.42. The van der Waals surface area contributed by atoms with Gasteiger partial charge in [-0.05, 0) is 87.6 Å². The monoisotopic (exact) mass is 303 g/mol. The Labute approximate surface area is 133 Å². The molecule has 0 bridgehead atoms. The zero-order valence-corrected chi connectivity index (χ0v) is 13.6. The number of hydrogen-bond donors (Lipinski definition) is 2. The minimum Gasteiger partial charge on any atom is -0.361 e. The largest absolute Gasteiger partial charge is 0.361 e. The molecule has 0 unspecified atom stereocenters. The van der Waals surface area contributed by atoms with Gasteiger partial charge in [-0.15, -0.1) is 0 Å². The molecule has 4 heteroatoms. The Morgan fingerprint density at radius 1 is 1.19 bits per heavy atom. The summed E-state index contributed by atoms with van der Waals surface area (Å²) in [6.07, 6.45) is 6.39. The van der Waals surface area contributed by atoms with Crippen LogP contribution in [0.15, 0.2) is 18.2 Å². The summed E-state index contributed by atoms with van der Waals surface area (Å²) < 4.78 is 0. The summed E-state index contributed by atoms with van der Waals surface area (Å²) in [6.45, 7) is 5.65. The predicted octanol–water partition coefficient (Wildman–Crippen LogP) is 2.95. The third-order valence-electron chi connectivity index (χ3n) is 4.68. The zero-order valence-electron chi connectivity index (χ0n) is 12.8. The van der Waals surface area contributed by atoms with Gasteiger partial charge < -0.3 is 10.6 Å². The number of benzene rings is 1. The van der Waals surface area contributed by atoms with E-state index in [1.807, 2.05) is 0 Å². The van der Waals surface area contributed by atoms with Crippen LogP contribution in [0.3, 0.4) is 0 Å². The number of thiocarbonyl (C=S) groups is 1. The molecule has 1 aliphatic heterocycles. The maximum atomic E-state index is 5.42. The van der Waals surface area contributed by atoms with E-state index in [1.165, 1.54) is 56.3 Å². The molecule has 1 fully saturated rings. The van der Waals surface area contributed by atoms with Gasteiger partial charge in [-0.2, -0.15) is 0 Å². The molecule has 3 nitrogen and oxygen atoms in total. The number of hydrogen-bond acceptors (Lipinski definition) is 2. The van der Waals surface area contributed by atoms with E-state index in [2.05, 4.69) is 40.7 Å². The smallest absolute Gasteiger partial charge is 0.170 e. The van der Waals surface area contributed by atoms with E-state index in [0.717, 1.165) is 17.3 Å². The highest BCUT2D eigenvalue weighted by Crippen LogP contribution is 2.24. The Hall–Kier alpha value is -1.13. The van der Waals surface area contributed by atoms with E-state index in [1.54, 1.807) is 0 Å². The Morgan fingerprint density at radius 3 is 2.76 bits per heavy atom. The minimum absolute atomic E-state index is 0.548. The first-order chi connectivity index (χ1) is 10.2. The molecule has 114 valence electrons. The molecule has 21 heavy (non-hydrogen) atoms. The van der Waals surface area contributed by atoms with Gasteiger partial charge in [0.25, 0.3) is 0 Å². The maximum Gasteiger partial charge on any atom is 0.170 e. The Morgan fingerprint density at radius 2 is 1.95 bits per heavy atom. The van der Waals surface area contributed by atoms with Crippen LogP contribution in [0.1, 0.15) is 37.3 Å². The van der Waals surface area contributed by atoms with Gasteiger partial charge in [-0.3, -0.25) is 4.90 Å². The van der Waals surface area contributed by atoms with Crippen molar-refractivity contribution in [3.8, 4) is 0 Å². The van der Waals surface area contributed by atoms with Gasteiger partial charge >= 0.3 is 0 Å². The topological polar surface area (TPSA) is 27.3 Å². The highest BCUT2D eigenvalue weighted by molar-refractivity contribution is 7.80. The quantitative estimate of drug-likeness (QED) is 0.836. The molecule has 1 aromatic carbocycles. The molecule has 2 N–H and O–H groups in total. The molecule has 1 saturated heterocycles. The van der Waals surface area contributed by atoms with Gasteiger partial charge in [0, 0.05) is 18.3 Å². The first-order valence-corrected chi connectivity index (χ1v) is 8.54. The van der Waals surface area contributed by atoms with Crippen LogP contribution < -0.4 is 10.6 Å². The van der Waals surface area contributed by atoms with Crippen molar-refractivity contribution in [2.24, 2.45) is 0 Å². The molecule has 1 aromatic rings. The SMILES string of the molecule is C[C@H](CNC(=S)Nc1ccc2c(c1)CCC2)N1CCCC1. The van der Waals surface area contributed by atoms with Gasteiger partial charge in [0.1, 0.15) is 0 Å². The van der Waals surface area contributed by atoms with Crippen LogP contribution in [-0.2, 0) is 12.8 Å². The molecule has 1 heterocycles. The van der Waals surface area contributed by atoms with Crippen molar-refractivity contribution in [3.63, 3.8) is 0 Å². The van der Waals surface area contributed by atoms with Crippen molar-refractivity contribution in [2.75, 3.05) is 25.0 Å². The van der Waals surface area contributed by atoms with E-state index < -0.39 is 0 Å². The molecular weight excluding hydrogens is 278 g/mol. The first kappa shape index (κ1) is 14.8. The second-order valence-electron chi connectivity index (χ2n) is 6.26. The van der Waals surface area contributed by atoms with E-state index in [9.17, 15) is 0 Å². The zero-order chi connectivity index (χ0) is 14.7. The average molecular weight is 303 g/mol. The van der Waals surface area contributed by atoms with Crippen LogP contribution in [0, 0.1) is 0 Å². The van der Waals surface area contributed by atoms with Gasteiger partial charge in [0.2, 0.25) is 0 Å². The lowest BCUT2D eigenvalue weighted by Gasteiger charge is -2.24. The standard InChI is InChI=1S/C17H25N3S/c1-13(20-9-2-3-10-20)12-18-17(21)19-16-8-7-14-5-4-6-15(14)11-16/h7-8,11,13H,2-6,9-10,12H2,1H3,(H2,18,19,21)/t13-/m1/s1. The molecule has 0 saturated carbocycles. The molecule has 1 aliphatic carbocycles. The fourth-order valence-corrected chi connectivity index (χ4v) is 3.58. The number of rotatable bonds is 4. The van der Waals surface area contributed by atoms with E-state index in [4.69, 9.17) is 12.2 Å². The van der Waals surface area contributed by atoms with Crippen molar-refractivity contribution >= 4 is 23.0 Å². The number of nitrogens with zero attached hydrogens (tertiary/aromatic N) is 1. The number of likely N-dealkylation sites (tertiary alicyclic amines) is 1. The van der Waals surface area contributed by atoms with Gasteiger partial charge in [0.15, 0.2) is 5.11 Å². The molecule has 2 aliphatic rings. The Bertz CT molecular complexity index is 509. The van der Waals surface area contributed by atoms with Crippen LogP contribution in [0.25, 0.3) is 0 Å². The van der Waals surface area contributed by atoms with Gasteiger partial charge in [0.05, 0.1) is 0 Å². The second kappa shape index (κ2) is 6.75. The number of aryl methyl sites for hydroxylation is 2. The summed E-state index contributed by atoms with van der Waals surface area (Å²) in [5.41, 5.74) is 4.09. The highest BCUT2D eigenvalue weighted by atomic mass is 32.1. The summed E-state index contributed by atoms with van der Waals surface area (Å²) in [5, 5.41) is 7.41. The summed E-state index contributed by atoms with van der Waals surface area (Å²) in [6, 6.07) is 7.18. The molecular formula is C17H25N3S. The summed E-state index contributed by atoms with van der Waals surface area (Å²) >= 11 is 5.42. The fourth-order valence-electron chi connectivity index (χ4n) is 3.38. The molecule has 0 amide bonds. The second-order valence-corrected chi connectivity index (χ2v) is 6.67. The van der Waals surface area contributed by atoms with E-state index in [0.29, 0.717) is 6.04 Å². The average Bonchev–Trinajstić information content (AvgIpc) is 3.15. The lowest BCUT2D eigenvalue weighted by atomic mass is 10.1. The molecule has 0 spiro atoms. The minimum atomic E-state index is 0.548. The van der Waals surface area contributed by atoms with E-state index in [-0.39, 0.29) is 0 Å². The Kier molecular flexibility index (Phi) is 4.76. The van der Waals surface area contributed by atoms with Crippen molar-refractivity contribution < 1.29 is 0 Å². The highest BCUT2D eigenvalue weighted by Gasteiger charge is 2.18. The third-order valence-corrected chi connectivity index (χ3v) is 4.92. The number of nitrogens with one attached hydrogen (secondary N) is 2. The van der Waals surface area contributed by atoms with Crippen LogP contribution in [-0.4, -0.2) is 35.7 Å². The van der Waals surface area contributed by atoms with Crippen LogP contribution in [0.4, 0.5) is 5.69 Å². The van der Waals surface area contributed by atoms with Crippen LogP contribution >= 0.6 is 12.2 Å². The fraction of sp³-hybridized carbons (Fsp3) is 0.588. The third kappa shape index (κ3) is 3.74. The summed E-state index contributed by atoms with van der Waals surface area (Å²) in [7, 11) is 0. The van der Waals surface area contributed by atoms with Crippen molar-refractivity contribution in [1.29, 1.82) is 0 Å². The molecule has 0 aromatic heterocycles. The normalized spacial score (nSPS) is 19.3. The van der Waals surface area contributed by atoms with E-state index >= 15 is 0 Å². The molecule has 1 atom stereocenters. The van der Waals surface area contributed by atoms with Crippen molar-refractivity contribution in [1.82, 2.24) is 10.2 Å².